The molecule has 12 aromatic carbocycles. The number of nitrogens with zero attached hydrogens (tertiary/aromatic N) is 9. The van der Waals surface area contributed by atoms with Crippen molar-refractivity contribution in [3.63, 3.8) is 0 Å². The Hall–Kier alpha value is -12.2. The average molecular weight is 1100 g/mol. The van der Waals surface area contributed by atoms with Crippen LogP contribution in [0.3, 0.4) is 0 Å². The summed E-state index contributed by atoms with van der Waals surface area (Å²) in [5, 5.41) is 29.7. The van der Waals surface area contributed by atoms with E-state index in [0.717, 1.165) is 121 Å². The van der Waals surface area contributed by atoms with Gasteiger partial charge < -0.3 is 18.3 Å². The molecule has 0 saturated heterocycles. The molecule has 0 aliphatic carbocycles. The van der Waals surface area contributed by atoms with Gasteiger partial charge >= 0.3 is 0 Å². The van der Waals surface area contributed by atoms with E-state index >= 15 is 0 Å². The summed E-state index contributed by atoms with van der Waals surface area (Å²) in [6, 6.07) is 99.5. The Morgan fingerprint density at radius 1 is 0.267 bits per heavy atom. The van der Waals surface area contributed by atoms with Gasteiger partial charge in [0.05, 0.1) is 78.8 Å². The molecule has 0 radical (unpaired) electrons. The highest BCUT2D eigenvalue weighted by atomic mass is 15.1. The van der Waals surface area contributed by atoms with Gasteiger partial charge in [-0.15, -0.1) is 0 Å². The Morgan fingerprint density at radius 2 is 0.698 bits per heavy atom. The molecule has 0 N–H and O–H groups in total. The molecule has 0 unspecified atom stereocenters. The van der Waals surface area contributed by atoms with Crippen LogP contribution in [-0.2, 0) is 0 Å². The van der Waals surface area contributed by atoms with Crippen molar-refractivity contribution < 1.29 is 0 Å². The molecule has 17 aromatic rings. The highest BCUT2D eigenvalue weighted by Gasteiger charge is 2.27. The maximum Gasteiger partial charge on any atom is 0.166 e. The SMILES string of the molecule is N#Cc1ccc(-c2ccc(-c3nc(-c4ccccc4)nc(-c4cc(C#N)ccc4-n4c5ccccc5c5c4ccc4c6ccccc6n(-c6ccccc6)c45)n3)c(-n3c4ccccc4c4c3ccc3c5ccccc5n(-c5ccccc5)c34)c2)cc1. The minimum atomic E-state index is 0.407. The smallest absolute Gasteiger partial charge is 0.166 e. The molecule has 0 saturated carbocycles. The van der Waals surface area contributed by atoms with Crippen LogP contribution in [0.2, 0.25) is 0 Å². The predicted octanol–water partition coefficient (Wildman–Crippen LogP) is 18.7. The van der Waals surface area contributed by atoms with E-state index in [4.69, 9.17) is 15.0 Å². The fraction of sp³-hybridized carbons (Fsp3) is 0. The lowest BCUT2D eigenvalue weighted by atomic mass is 10.00. The Balaban J connectivity index is 0.958. The van der Waals surface area contributed by atoms with E-state index in [9.17, 15) is 10.5 Å². The molecule has 0 fully saturated rings. The normalized spacial score (nSPS) is 11.7. The van der Waals surface area contributed by atoms with Crippen LogP contribution in [-0.4, -0.2) is 33.2 Å². The summed E-state index contributed by atoms with van der Waals surface area (Å²) in [6.07, 6.45) is 0. The number of hydrogen-bond donors (Lipinski definition) is 0. The summed E-state index contributed by atoms with van der Waals surface area (Å²) in [7, 11) is 0. The van der Waals surface area contributed by atoms with Crippen LogP contribution in [0.4, 0.5) is 0 Å². The van der Waals surface area contributed by atoms with Crippen molar-refractivity contribution in [3.05, 3.63) is 284 Å². The molecule has 0 atom stereocenters. The molecular formula is C77H45N9. The summed E-state index contributed by atoms with van der Waals surface area (Å²) in [5.74, 6) is 1.34. The van der Waals surface area contributed by atoms with Gasteiger partial charge in [-0.05, 0) is 114 Å². The van der Waals surface area contributed by atoms with Crippen molar-refractivity contribution in [2.45, 2.75) is 0 Å². The zero-order valence-electron chi connectivity index (χ0n) is 46.0. The topological polar surface area (TPSA) is 106 Å². The van der Waals surface area contributed by atoms with Gasteiger partial charge in [0.1, 0.15) is 0 Å². The van der Waals surface area contributed by atoms with Crippen molar-refractivity contribution in [2.24, 2.45) is 0 Å². The van der Waals surface area contributed by atoms with Gasteiger partial charge in [-0.3, -0.25) is 0 Å². The van der Waals surface area contributed by atoms with Crippen LogP contribution in [0.5, 0.6) is 0 Å². The minimum absolute atomic E-state index is 0.407. The summed E-state index contributed by atoms with van der Waals surface area (Å²) in [6.45, 7) is 0. The Kier molecular flexibility index (Phi) is 10.8. The molecule has 17 rings (SSSR count). The molecule has 0 amide bonds. The second-order valence-corrected chi connectivity index (χ2v) is 21.7. The number of nitriles is 2. The molecule has 9 heteroatoms. The van der Waals surface area contributed by atoms with Gasteiger partial charge in [0.25, 0.3) is 0 Å². The molecular weight excluding hydrogens is 1050 g/mol. The molecule has 0 spiro atoms. The van der Waals surface area contributed by atoms with Crippen LogP contribution < -0.4 is 0 Å². The monoisotopic (exact) mass is 1100 g/mol. The van der Waals surface area contributed by atoms with E-state index in [1.54, 1.807) is 0 Å². The summed E-state index contributed by atoms with van der Waals surface area (Å²) in [5.41, 5.74) is 17.5. The van der Waals surface area contributed by atoms with Crippen molar-refractivity contribution in [1.29, 1.82) is 10.5 Å². The van der Waals surface area contributed by atoms with E-state index < -0.39 is 0 Å². The van der Waals surface area contributed by atoms with Gasteiger partial charge in [-0.25, -0.2) is 15.0 Å². The molecule has 9 nitrogen and oxygen atoms in total. The number of rotatable bonds is 8. The lowest BCUT2D eigenvalue weighted by molar-refractivity contribution is 1.06. The first-order valence-electron chi connectivity index (χ1n) is 28.6. The van der Waals surface area contributed by atoms with E-state index in [1.165, 1.54) is 10.8 Å². The van der Waals surface area contributed by atoms with Crippen molar-refractivity contribution in [3.8, 4) is 80.2 Å². The number of para-hydroxylation sites is 6. The van der Waals surface area contributed by atoms with Crippen LogP contribution in [0, 0.1) is 22.7 Å². The minimum Gasteiger partial charge on any atom is -0.309 e. The lowest BCUT2D eigenvalue weighted by Gasteiger charge is -2.18. The first kappa shape index (κ1) is 48.5. The molecule has 5 aromatic heterocycles. The summed E-state index contributed by atoms with van der Waals surface area (Å²) < 4.78 is 9.46. The Morgan fingerprint density at radius 3 is 1.23 bits per heavy atom. The second kappa shape index (κ2) is 19.2. The van der Waals surface area contributed by atoms with E-state index in [-0.39, 0.29) is 0 Å². The summed E-state index contributed by atoms with van der Waals surface area (Å²) >= 11 is 0. The lowest BCUT2D eigenvalue weighted by Crippen LogP contribution is -2.06. The fourth-order valence-corrected chi connectivity index (χ4v) is 13.4. The zero-order chi connectivity index (χ0) is 57.0. The van der Waals surface area contributed by atoms with Gasteiger partial charge in [0.15, 0.2) is 17.5 Å². The zero-order valence-corrected chi connectivity index (χ0v) is 46.0. The third kappa shape index (κ3) is 7.32. The molecule has 0 aliphatic heterocycles. The van der Waals surface area contributed by atoms with Gasteiger partial charge in [-0.1, -0.05) is 170 Å². The average Bonchev–Trinajstić information content (AvgIpc) is 1.64. The largest absolute Gasteiger partial charge is 0.309 e. The number of aromatic nitrogens is 7. The predicted molar refractivity (Wildman–Crippen MR) is 348 cm³/mol. The number of hydrogen-bond acceptors (Lipinski definition) is 5. The van der Waals surface area contributed by atoms with Gasteiger partial charge in [0.2, 0.25) is 0 Å². The van der Waals surface area contributed by atoms with Crippen molar-refractivity contribution >= 4 is 87.2 Å². The molecule has 0 bridgehead atoms. The highest BCUT2D eigenvalue weighted by Crippen LogP contribution is 2.46. The standard InChI is InChI=1S/C77H45N9/c78-46-48-32-35-50(36-33-48)52-37-38-61(70(45-52)86-66-31-17-13-27-60(66)72-69(86)43-40-58-56-25-11-15-29-64(56)84(74(58)72)54-22-8-3-9-23-54)76-80-75(51-18-4-1-5-19-51)81-77(82-76)62-44-49(47-79)34-41-67(62)85-65-30-16-12-26-59(65)71-68(85)42-39-57-55-24-10-14-28-63(55)83(73(57)71)53-20-6-2-7-21-53/h1-45H. The molecule has 0 aliphatic rings. The second-order valence-electron chi connectivity index (χ2n) is 21.7. The fourth-order valence-electron chi connectivity index (χ4n) is 13.4. The first-order chi connectivity index (χ1) is 42.6. The van der Waals surface area contributed by atoms with Crippen molar-refractivity contribution in [2.75, 3.05) is 0 Å². The molecule has 86 heavy (non-hydrogen) atoms. The third-order valence-corrected chi connectivity index (χ3v) is 17.1. The molecule has 5 heterocycles. The quantitative estimate of drug-likeness (QED) is 0.151. The van der Waals surface area contributed by atoms with Crippen molar-refractivity contribution in [1.82, 2.24) is 33.2 Å². The highest BCUT2D eigenvalue weighted by molar-refractivity contribution is 6.28. The summed E-state index contributed by atoms with van der Waals surface area (Å²) in [4.78, 5) is 16.5. The van der Waals surface area contributed by atoms with Crippen LogP contribution >= 0.6 is 0 Å². The first-order valence-corrected chi connectivity index (χ1v) is 28.6. The van der Waals surface area contributed by atoms with Crippen LogP contribution in [0.1, 0.15) is 11.1 Å². The van der Waals surface area contributed by atoms with Gasteiger partial charge in [-0.2, -0.15) is 10.5 Å². The van der Waals surface area contributed by atoms with E-state index in [2.05, 4.69) is 231 Å². The Labute approximate surface area is 492 Å². The number of fused-ring (bicyclic) bond motifs is 14. The maximum absolute atomic E-state index is 10.8. The molecule has 398 valence electrons. The van der Waals surface area contributed by atoms with Crippen LogP contribution in [0.15, 0.2) is 273 Å². The van der Waals surface area contributed by atoms with E-state index in [0.29, 0.717) is 34.2 Å². The number of benzene rings is 12. The Bertz CT molecular complexity index is 5720. The van der Waals surface area contributed by atoms with E-state index in [1.807, 2.05) is 72.8 Å². The van der Waals surface area contributed by atoms with Crippen LogP contribution in [0.25, 0.3) is 155 Å². The third-order valence-electron chi connectivity index (χ3n) is 17.1. The maximum atomic E-state index is 10.8. The van der Waals surface area contributed by atoms with Gasteiger partial charge in [0, 0.05) is 71.2 Å².